The number of likely N-dealkylation sites (N-methyl/N-ethyl adjacent to an activating group) is 1. The van der Waals surface area contributed by atoms with Crippen molar-refractivity contribution in [1.82, 2.24) is 4.90 Å². The van der Waals surface area contributed by atoms with Gasteiger partial charge in [-0.3, -0.25) is 9.69 Å². The molecule has 1 aliphatic heterocycles. The van der Waals surface area contributed by atoms with Gasteiger partial charge in [0.1, 0.15) is 15.8 Å². The number of thioether (sulfide) groups is 1. The molecule has 0 radical (unpaired) electrons. The lowest BCUT2D eigenvalue weighted by molar-refractivity contribution is -0.122. The fourth-order valence-electron chi connectivity index (χ4n) is 2.26. The van der Waals surface area contributed by atoms with Crippen LogP contribution in [0.25, 0.3) is 17.4 Å². The van der Waals surface area contributed by atoms with Gasteiger partial charge in [0.2, 0.25) is 0 Å². The minimum absolute atomic E-state index is 0.115. The highest BCUT2D eigenvalue weighted by Gasteiger charge is 2.30. The normalized spacial score (nSPS) is 16.2. The van der Waals surface area contributed by atoms with Crippen LogP contribution in [0.15, 0.2) is 45.7 Å². The zero-order chi connectivity index (χ0) is 17.3. The number of benzene rings is 1. The molecule has 0 unspecified atom stereocenters. The first-order valence-corrected chi connectivity index (χ1v) is 8.41. The number of amides is 1. The van der Waals surface area contributed by atoms with Gasteiger partial charge in [0.15, 0.2) is 0 Å². The lowest BCUT2D eigenvalue weighted by Crippen LogP contribution is -2.27. The number of carboxylic acid groups (broad SMARTS) is 1. The third kappa shape index (κ3) is 3.13. The molecule has 2 heterocycles. The summed E-state index contributed by atoms with van der Waals surface area (Å²) in [5.41, 5.74) is 0.981. The molecule has 2 aromatic rings. The minimum atomic E-state index is -0.973. The summed E-state index contributed by atoms with van der Waals surface area (Å²) in [7, 11) is 0. The molecular weight excluding hydrogens is 346 g/mol. The SMILES string of the molecule is CCN1C(=O)/C(=C\c2ccc(-c3ccc(C(=O)O)cc3)o2)SC1=S. The van der Waals surface area contributed by atoms with Crippen molar-refractivity contribution in [2.75, 3.05) is 6.54 Å². The average Bonchev–Trinajstić information content (AvgIpc) is 3.13. The Hall–Kier alpha value is -2.38. The summed E-state index contributed by atoms with van der Waals surface area (Å²) in [5, 5.41) is 8.92. The molecule has 7 heteroatoms. The number of rotatable bonds is 4. The molecule has 122 valence electrons. The second kappa shape index (κ2) is 6.62. The molecular formula is C17H13NO4S2. The summed E-state index contributed by atoms with van der Waals surface area (Å²) in [6.45, 7) is 2.42. The fourth-order valence-corrected chi connectivity index (χ4v) is 3.63. The Morgan fingerprint density at radius 3 is 2.58 bits per heavy atom. The van der Waals surface area contributed by atoms with Gasteiger partial charge in [-0.1, -0.05) is 36.1 Å². The standard InChI is InChI=1S/C17H13NO4S2/c1-2-18-15(19)14(24-17(18)23)9-12-7-8-13(22-12)10-3-5-11(6-4-10)16(20)21/h3-9H,2H2,1H3,(H,20,21)/b14-9+. The summed E-state index contributed by atoms with van der Waals surface area (Å²) in [5.74, 6) is 0.0592. The van der Waals surface area contributed by atoms with Crippen molar-refractivity contribution in [2.24, 2.45) is 0 Å². The molecule has 1 aliphatic rings. The van der Waals surface area contributed by atoms with Gasteiger partial charge in [-0.15, -0.1) is 0 Å². The van der Waals surface area contributed by atoms with Crippen LogP contribution in [0, 0.1) is 0 Å². The number of carbonyl (C=O) groups excluding carboxylic acids is 1. The Balaban J connectivity index is 1.83. The highest BCUT2D eigenvalue weighted by Crippen LogP contribution is 2.33. The number of nitrogens with zero attached hydrogens (tertiary/aromatic N) is 1. The topological polar surface area (TPSA) is 70.8 Å². The number of aromatic carboxylic acids is 1. The molecule has 0 spiro atoms. The third-order valence-electron chi connectivity index (χ3n) is 3.51. The van der Waals surface area contributed by atoms with E-state index in [1.54, 1.807) is 35.2 Å². The van der Waals surface area contributed by atoms with Crippen LogP contribution in [0.4, 0.5) is 0 Å². The number of hydrogen-bond acceptors (Lipinski definition) is 5. The number of thiocarbonyl (C=S) groups is 1. The van der Waals surface area contributed by atoms with E-state index in [4.69, 9.17) is 21.7 Å². The quantitative estimate of drug-likeness (QED) is 0.660. The molecule has 0 bridgehead atoms. The molecule has 1 saturated heterocycles. The van der Waals surface area contributed by atoms with E-state index in [0.29, 0.717) is 27.3 Å². The molecule has 1 amide bonds. The number of carboxylic acids is 1. The molecule has 1 aromatic heterocycles. The van der Waals surface area contributed by atoms with Crippen molar-refractivity contribution in [3.63, 3.8) is 0 Å². The van der Waals surface area contributed by atoms with Gasteiger partial charge >= 0.3 is 5.97 Å². The van der Waals surface area contributed by atoms with Crippen LogP contribution in [0.1, 0.15) is 23.0 Å². The molecule has 0 aliphatic carbocycles. The lowest BCUT2D eigenvalue weighted by atomic mass is 10.1. The van der Waals surface area contributed by atoms with E-state index < -0.39 is 5.97 Å². The van der Waals surface area contributed by atoms with Crippen LogP contribution < -0.4 is 0 Å². The fraction of sp³-hybridized carbons (Fsp3) is 0.118. The van der Waals surface area contributed by atoms with Crippen LogP contribution in [-0.2, 0) is 4.79 Å². The zero-order valence-electron chi connectivity index (χ0n) is 12.7. The van der Waals surface area contributed by atoms with Crippen molar-refractivity contribution in [3.05, 3.63) is 52.6 Å². The van der Waals surface area contributed by atoms with Crippen LogP contribution >= 0.6 is 24.0 Å². The Kier molecular flexibility index (Phi) is 4.55. The van der Waals surface area contributed by atoms with Crippen molar-refractivity contribution < 1.29 is 19.1 Å². The molecule has 1 aromatic carbocycles. The highest BCUT2D eigenvalue weighted by molar-refractivity contribution is 8.26. The van der Waals surface area contributed by atoms with E-state index >= 15 is 0 Å². The van der Waals surface area contributed by atoms with E-state index in [1.807, 2.05) is 6.92 Å². The van der Waals surface area contributed by atoms with E-state index in [0.717, 1.165) is 5.56 Å². The molecule has 1 N–H and O–H groups in total. The van der Waals surface area contributed by atoms with Gasteiger partial charge < -0.3 is 9.52 Å². The van der Waals surface area contributed by atoms with Gasteiger partial charge in [-0.05, 0) is 31.2 Å². The smallest absolute Gasteiger partial charge is 0.335 e. The monoisotopic (exact) mass is 359 g/mol. The first-order valence-electron chi connectivity index (χ1n) is 7.18. The van der Waals surface area contributed by atoms with Gasteiger partial charge in [0.25, 0.3) is 5.91 Å². The molecule has 1 fully saturated rings. The van der Waals surface area contributed by atoms with Crippen molar-refractivity contribution in [1.29, 1.82) is 0 Å². The van der Waals surface area contributed by atoms with E-state index in [2.05, 4.69) is 0 Å². The second-order valence-electron chi connectivity index (χ2n) is 5.01. The van der Waals surface area contributed by atoms with Gasteiger partial charge in [-0.25, -0.2) is 4.79 Å². The number of hydrogen-bond donors (Lipinski definition) is 1. The van der Waals surface area contributed by atoms with Gasteiger partial charge in [0.05, 0.1) is 10.5 Å². The second-order valence-corrected chi connectivity index (χ2v) is 6.69. The average molecular weight is 359 g/mol. The summed E-state index contributed by atoms with van der Waals surface area (Å²) < 4.78 is 6.28. The number of carbonyl (C=O) groups is 2. The molecule has 0 atom stereocenters. The Morgan fingerprint density at radius 2 is 2.00 bits per heavy atom. The Morgan fingerprint density at radius 1 is 1.29 bits per heavy atom. The first kappa shape index (κ1) is 16.5. The number of furan rings is 1. The zero-order valence-corrected chi connectivity index (χ0v) is 14.3. The van der Waals surface area contributed by atoms with Gasteiger partial charge in [0, 0.05) is 18.2 Å². The summed E-state index contributed by atoms with van der Waals surface area (Å²) in [6, 6.07) is 9.95. The maximum absolute atomic E-state index is 12.2. The van der Waals surface area contributed by atoms with Crippen molar-refractivity contribution >= 4 is 46.3 Å². The largest absolute Gasteiger partial charge is 0.478 e. The van der Waals surface area contributed by atoms with Crippen molar-refractivity contribution in [3.8, 4) is 11.3 Å². The molecule has 0 saturated carbocycles. The third-order valence-corrected chi connectivity index (χ3v) is 4.88. The van der Waals surface area contributed by atoms with Crippen LogP contribution in [0.3, 0.4) is 0 Å². The molecule has 3 rings (SSSR count). The predicted octanol–water partition coefficient (Wildman–Crippen LogP) is 3.87. The Labute approximate surface area is 148 Å². The maximum Gasteiger partial charge on any atom is 0.335 e. The van der Waals surface area contributed by atoms with Crippen molar-refractivity contribution in [2.45, 2.75) is 6.92 Å². The van der Waals surface area contributed by atoms with Crippen LogP contribution in [0.5, 0.6) is 0 Å². The predicted molar refractivity (Wildman–Crippen MR) is 96.7 cm³/mol. The molecule has 5 nitrogen and oxygen atoms in total. The van der Waals surface area contributed by atoms with E-state index in [1.165, 1.54) is 23.9 Å². The summed E-state index contributed by atoms with van der Waals surface area (Å²) in [6.07, 6.45) is 1.67. The minimum Gasteiger partial charge on any atom is -0.478 e. The highest BCUT2D eigenvalue weighted by atomic mass is 32.2. The van der Waals surface area contributed by atoms with Gasteiger partial charge in [-0.2, -0.15) is 0 Å². The Bertz CT molecular complexity index is 852. The van der Waals surface area contributed by atoms with Crippen LogP contribution in [-0.4, -0.2) is 32.7 Å². The van der Waals surface area contributed by atoms with E-state index in [9.17, 15) is 9.59 Å². The summed E-state index contributed by atoms with van der Waals surface area (Å²) in [4.78, 5) is 25.1. The van der Waals surface area contributed by atoms with E-state index in [-0.39, 0.29) is 11.5 Å². The lowest BCUT2D eigenvalue weighted by Gasteiger charge is -2.09. The molecule has 24 heavy (non-hydrogen) atoms. The first-order chi connectivity index (χ1) is 11.5. The van der Waals surface area contributed by atoms with Crippen LogP contribution in [0.2, 0.25) is 0 Å². The maximum atomic E-state index is 12.2. The summed E-state index contributed by atoms with van der Waals surface area (Å²) >= 11 is 6.43.